The van der Waals surface area contributed by atoms with Crippen LogP contribution in [0.3, 0.4) is 0 Å². The van der Waals surface area contributed by atoms with Gasteiger partial charge in [-0.15, -0.1) is 0 Å². The van der Waals surface area contributed by atoms with Gasteiger partial charge in [-0.3, -0.25) is 9.10 Å². The first-order valence-electron chi connectivity index (χ1n) is 7.32. The Balaban J connectivity index is 2.35. The number of hydrogen-bond donors (Lipinski definition) is 1. The number of sulfonamides is 1. The quantitative estimate of drug-likeness (QED) is 0.870. The third-order valence-electron chi connectivity index (χ3n) is 3.88. The summed E-state index contributed by atoms with van der Waals surface area (Å²) in [7, 11) is -3.32. The van der Waals surface area contributed by atoms with E-state index in [1.165, 1.54) is 10.6 Å². The van der Waals surface area contributed by atoms with Crippen molar-refractivity contribution in [2.75, 3.05) is 30.3 Å². The number of benzene rings is 1. The summed E-state index contributed by atoms with van der Waals surface area (Å²) >= 11 is 0. The molecule has 1 aliphatic rings. The minimum atomic E-state index is -3.32. The summed E-state index contributed by atoms with van der Waals surface area (Å²) in [5.41, 5.74) is 2.04. The van der Waals surface area contributed by atoms with Crippen molar-refractivity contribution in [2.45, 2.75) is 26.3 Å². The van der Waals surface area contributed by atoms with Crippen molar-refractivity contribution < 1.29 is 18.3 Å². The molecule has 1 aliphatic heterocycles. The van der Waals surface area contributed by atoms with Crippen LogP contribution in [-0.4, -0.2) is 56.3 Å². The summed E-state index contributed by atoms with van der Waals surface area (Å²) in [6.45, 7) is 4.44. The van der Waals surface area contributed by atoms with E-state index in [0.29, 0.717) is 24.2 Å². The molecule has 1 atom stereocenters. The molecule has 0 saturated carbocycles. The Labute approximate surface area is 131 Å². The molecule has 0 fully saturated rings. The number of amides is 1. The van der Waals surface area contributed by atoms with Crippen molar-refractivity contribution >= 4 is 21.6 Å². The smallest absolute Gasteiger partial charge is 0.253 e. The first kappa shape index (κ1) is 16.8. The summed E-state index contributed by atoms with van der Waals surface area (Å²) in [6.07, 6.45) is 1.79. The number of aliphatic hydroxyl groups excluding tert-OH is 1. The molecule has 7 heteroatoms. The molecule has 122 valence electrons. The zero-order chi connectivity index (χ0) is 16.5. The topological polar surface area (TPSA) is 77.9 Å². The molecule has 0 aliphatic carbocycles. The van der Waals surface area contributed by atoms with Crippen molar-refractivity contribution in [1.82, 2.24) is 4.90 Å². The number of carbonyl (C=O) groups is 1. The van der Waals surface area contributed by atoms with Gasteiger partial charge in [-0.25, -0.2) is 8.42 Å². The molecule has 1 N–H and O–H groups in total. The second kappa shape index (κ2) is 6.26. The maximum Gasteiger partial charge on any atom is 0.253 e. The van der Waals surface area contributed by atoms with Crippen LogP contribution in [-0.2, 0) is 16.4 Å². The average Bonchev–Trinajstić information content (AvgIpc) is 2.78. The fraction of sp³-hybridized carbons (Fsp3) is 0.533. The van der Waals surface area contributed by atoms with Crippen LogP contribution in [0.15, 0.2) is 18.2 Å². The molecular formula is C15H22N2O4S. The van der Waals surface area contributed by atoms with Crippen LogP contribution in [0.4, 0.5) is 5.69 Å². The van der Waals surface area contributed by atoms with Gasteiger partial charge in [0.1, 0.15) is 0 Å². The van der Waals surface area contributed by atoms with E-state index >= 15 is 0 Å². The van der Waals surface area contributed by atoms with E-state index < -0.39 is 10.0 Å². The van der Waals surface area contributed by atoms with E-state index in [4.69, 9.17) is 5.11 Å². The van der Waals surface area contributed by atoms with Crippen LogP contribution in [0.2, 0.25) is 0 Å². The zero-order valence-electron chi connectivity index (χ0n) is 13.1. The van der Waals surface area contributed by atoms with Crippen molar-refractivity contribution in [1.29, 1.82) is 0 Å². The third-order valence-corrected chi connectivity index (χ3v) is 5.15. The molecule has 1 aromatic rings. The van der Waals surface area contributed by atoms with Crippen LogP contribution in [0.1, 0.15) is 29.8 Å². The third kappa shape index (κ3) is 3.10. The molecule has 1 amide bonds. The van der Waals surface area contributed by atoms with E-state index in [2.05, 4.69) is 0 Å². The number of aliphatic hydroxyl groups is 1. The monoisotopic (exact) mass is 326 g/mol. The van der Waals surface area contributed by atoms with Crippen LogP contribution in [0.25, 0.3) is 0 Å². The number of carbonyl (C=O) groups excluding carboxylic acids is 1. The maximum atomic E-state index is 12.4. The van der Waals surface area contributed by atoms with Gasteiger partial charge in [0.05, 0.1) is 18.6 Å². The fourth-order valence-corrected chi connectivity index (χ4v) is 4.21. The molecule has 1 unspecified atom stereocenters. The summed E-state index contributed by atoms with van der Waals surface area (Å²) in [4.78, 5) is 14.0. The second-order valence-electron chi connectivity index (χ2n) is 5.56. The van der Waals surface area contributed by atoms with E-state index in [1.54, 1.807) is 23.1 Å². The Kier molecular flexibility index (Phi) is 4.77. The standard InChI is InChI=1S/C15H22N2O4S/c1-4-16(7-8-18)15(19)12-5-6-14-13(10-12)9-11(2)17(14)22(3,20)21/h5-6,10-11,18H,4,7-9H2,1-3H3. The van der Waals surface area contributed by atoms with Gasteiger partial charge in [0, 0.05) is 24.7 Å². The predicted octanol–water partition coefficient (Wildman–Crippen LogP) is 0.852. The molecule has 0 spiro atoms. The zero-order valence-corrected chi connectivity index (χ0v) is 13.9. The van der Waals surface area contributed by atoms with Gasteiger partial charge in [0.15, 0.2) is 0 Å². The number of likely N-dealkylation sites (N-methyl/N-ethyl adjacent to an activating group) is 1. The number of fused-ring (bicyclic) bond motifs is 1. The molecule has 0 bridgehead atoms. The average molecular weight is 326 g/mol. The van der Waals surface area contributed by atoms with Crippen LogP contribution < -0.4 is 4.31 Å². The Morgan fingerprint density at radius 2 is 2.14 bits per heavy atom. The number of anilines is 1. The fourth-order valence-electron chi connectivity index (χ4n) is 2.95. The molecule has 1 heterocycles. The molecule has 22 heavy (non-hydrogen) atoms. The second-order valence-corrected chi connectivity index (χ2v) is 7.42. The lowest BCUT2D eigenvalue weighted by atomic mass is 10.1. The predicted molar refractivity (Wildman–Crippen MR) is 85.6 cm³/mol. The lowest BCUT2D eigenvalue weighted by Gasteiger charge is -2.22. The molecular weight excluding hydrogens is 304 g/mol. The van der Waals surface area contributed by atoms with E-state index in [0.717, 1.165) is 5.56 Å². The molecule has 1 aromatic carbocycles. The number of rotatable bonds is 5. The van der Waals surface area contributed by atoms with Crippen LogP contribution in [0, 0.1) is 0 Å². The van der Waals surface area contributed by atoms with Gasteiger partial charge in [0.25, 0.3) is 5.91 Å². The van der Waals surface area contributed by atoms with Gasteiger partial charge < -0.3 is 10.0 Å². The highest BCUT2D eigenvalue weighted by Gasteiger charge is 2.33. The van der Waals surface area contributed by atoms with Crippen LogP contribution >= 0.6 is 0 Å². The van der Waals surface area contributed by atoms with Crippen molar-refractivity contribution in [3.05, 3.63) is 29.3 Å². The molecule has 0 aromatic heterocycles. The van der Waals surface area contributed by atoms with E-state index in [-0.39, 0.29) is 25.1 Å². The molecule has 0 saturated heterocycles. The van der Waals surface area contributed by atoms with Gasteiger partial charge >= 0.3 is 0 Å². The minimum absolute atomic E-state index is 0.0799. The van der Waals surface area contributed by atoms with Crippen LogP contribution in [0.5, 0.6) is 0 Å². The van der Waals surface area contributed by atoms with Crippen molar-refractivity contribution in [2.24, 2.45) is 0 Å². The SMILES string of the molecule is CCN(CCO)C(=O)c1ccc2c(c1)CC(C)N2S(C)(=O)=O. The first-order valence-corrected chi connectivity index (χ1v) is 9.16. The Hall–Kier alpha value is -1.60. The van der Waals surface area contributed by atoms with E-state index in [9.17, 15) is 13.2 Å². The summed E-state index contributed by atoms with van der Waals surface area (Å²) in [5, 5.41) is 9.01. The molecule has 0 radical (unpaired) electrons. The highest BCUT2D eigenvalue weighted by Crippen LogP contribution is 2.34. The number of nitrogens with zero attached hydrogens (tertiary/aromatic N) is 2. The summed E-state index contributed by atoms with van der Waals surface area (Å²) in [5.74, 6) is -0.148. The Morgan fingerprint density at radius 1 is 1.45 bits per heavy atom. The Bertz CT molecular complexity index is 672. The van der Waals surface area contributed by atoms with Crippen molar-refractivity contribution in [3.8, 4) is 0 Å². The highest BCUT2D eigenvalue weighted by molar-refractivity contribution is 7.92. The number of hydrogen-bond acceptors (Lipinski definition) is 4. The van der Waals surface area contributed by atoms with Gasteiger partial charge in [-0.2, -0.15) is 0 Å². The highest BCUT2D eigenvalue weighted by atomic mass is 32.2. The lowest BCUT2D eigenvalue weighted by molar-refractivity contribution is 0.0732. The van der Waals surface area contributed by atoms with Crippen molar-refractivity contribution in [3.63, 3.8) is 0 Å². The normalized spacial score (nSPS) is 17.5. The lowest BCUT2D eigenvalue weighted by Crippen LogP contribution is -2.34. The summed E-state index contributed by atoms with van der Waals surface area (Å²) < 4.78 is 25.2. The Morgan fingerprint density at radius 3 is 2.68 bits per heavy atom. The van der Waals surface area contributed by atoms with Gasteiger partial charge in [-0.1, -0.05) is 0 Å². The minimum Gasteiger partial charge on any atom is -0.395 e. The van der Waals surface area contributed by atoms with Gasteiger partial charge in [0.2, 0.25) is 10.0 Å². The summed E-state index contributed by atoms with van der Waals surface area (Å²) in [6, 6.07) is 4.96. The molecule has 6 nitrogen and oxygen atoms in total. The largest absolute Gasteiger partial charge is 0.395 e. The maximum absolute atomic E-state index is 12.4. The first-order chi connectivity index (χ1) is 10.3. The van der Waals surface area contributed by atoms with Gasteiger partial charge in [-0.05, 0) is 44.0 Å². The van der Waals surface area contributed by atoms with E-state index in [1.807, 2.05) is 13.8 Å². The molecule has 2 rings (SSSR count).